The van der Waals surface area contributed by atoms with E-state index in [0.29, 0.717) is 19.7 Å². The highest BCUT2D eigenvalue weighted by atomic mass is 35.5. The van der Waals surface area contributed by atoms with Crippen LogP contribution in [0.1, 0.15) is 0 Å². The van der Waals surface area contributed by atoms with Crippen LogP contribution in [0.3, 0.4) is 0 Å². The van der Waals surface area contributed by atoms with E-state index < -0.39 is 82.3 Å². The first-order valence-corrected chi connectivity index (χ1v) is 22.5. The van der Waals surface area contributed by atoms with Gasteiger partial charge in [0.1, 0.15) is 90.5 Å². The third-order valence-corrected chi connectivity index (χ3v) is 9.13. The van der Waals surface area contributed by atoms with Gasteiger partial charge in [0.05, 0.1) is 111 Å². The average Bonchev–Trinajstić information content (AvgIpc) is 3.99. The van der Waals surface area contributed by atoms with Crippen LogP contribution in [0.5, 0.6) is 0 Å². The molecular weight excluding hydrogens is 1200 g/mol. The molecule has 1 heterocycles. The van der Waals surface area contributed by atoms with Gasteiger partial charge < -0.3 is 147 Å². The van der Waals surface area contributed by atoms with Crippen molar-refractivity contribution in [3.8, 4) is 0 Å². The van der Waals surface area contributed by atoms with Crippen LogP contribution >= 0.6 is 12.4 Å². The Labute approximate surface area is 490 Å². The van der Waals surface area contributed by atoms with Gasteiger partial charge >= 0.3 is 37.0 Å². The van der Waals surface area contributed by atoms with Gasteiger partial charge in [0, 0.05) is 13.1 Å². The number of ether oxygens (including phenoxy) is 4. The standard InChI is InChI=1S/C18H34F8N2O4.C6H8F4O2.3C6H16N2.7ClH.H2O/c1-27(2,7-13(29)9-31-11-17(23,24)15(19)20)5-6-28(3,4)8-14(30)10-32-12-18(25,26)16(21)22;7-5(8)6(9,10)3-11-1-4-2-12-4;3*1-7(2)5-6-8(3)4;;;;;;;;/h13-16,29-30H,5-12H2,1-4H3;4-5H,1-3H2;3*5-6H2,1-4H3;7*1H;1H2/q+2;;;;;;;;;;;;/p-2. The maximum Gasteiger partial charge on any atom is 0.330 e. The van der Waals surface area contributed by atoms with E-state index in [1.54, 1.807) is 28.2 Å². The predicted octanol–water partition coefficient (Wildman–Crippen LogP) is -20.7. The molecule has 0 aromatic rings. The van der Waals surface area contributed by atoms with Gasteiger partial charge in [0.2, 0.25) is 0 Å². The van der Waals surface area contributed by atoms with Crippen LogP contribution < -0.4 is 94.0 Å². The Balaban J connectivity index is -0.0000000769. The molecule has 3 unspecified atom stereocenters. The molecule has 3 atom stereocenters. The van der Waals surface area contributed by atoms with Crippen LogP contribution in [0.4, 0.5) is 52.7 Å². The lowest BCUT2D eigenvalue weighted by Crippen LogP contribution is -3.14. The van der Waals surface area contributed by atoms with E-state index >= 15 is 0 Å². The third kappa shape index (κ3) is 72.6. The molecule has 0 aromatic heterocycles. The first kappa shape index (κ1) is 105. The first-order valence-electron chi connectivity index (χ1n) is 22.5. The predicted molar refractivity (Wildman–Crippen MR) is 249 cm³/mol. The maximum absolute atomic E-state index is 12.8. The second-order valence-electron chi connectivity index (χ2n) is 20.1. The molecule has 1 rings (SSSR count). The summed E-state index contributed by atoms with van der Waals surface area (Å²) in [6.45, 7) is 3.38. The molecule has 480 valence electrons. The molecular formula is C42H97Cl7F12N8O7. The Hall–Kier alpha value is 0.590. The summed E-state index contributed by atoms with van der Waals surface area (Å²) >= 11 is 0. The smallest absolute Gasteiger partial charge is 0.330 e. The van der Waals surface area contributed by atoms with Crippen molar-refractivity contribution in [2.75, 3.05) is 224 Å². The largest absolute Gasteiger partial charge is 1.00 e. The molecule has 0 radical (unpaired) electrons. The van der Waals surface area contributed by atoms with Crippen molar-refractivity contribution in [2.24, 2.45) is 0 Å². The quantitative estimate of drug-likeness (QED) is 0.0229. The van der Waals surface area contributed by atoms with E-state index in [-0.39, 0.29) is 127 Å². The zero-order chi connectivity index (χ0) is 54.3. The molecule has 15 nitrogen and oxygen atoms in total. The second kappa shape index (κ2) is 54.8. The lowest BCUT2D eigenvalue weighted by Gasteiger charge is -2.37. The summed E-state index contributed by atoms with van der Waals surface area (Å²) in [5, 5.41) is 19.9. The molecule has 1 aliphatic rings. The molecule has 1 fully saturated rings. The zero-order valence-electron chi connectivity index (χ0n) is 47.0. The van der Waals surface area contributed by atoms with E-state index in [1.807, 2.05) is 0 Å². The number of aliphatic hydroxyl groups is 2. The van der Waals surface area contributed by atoms with Gasteiger partial charge in [-0.15, -0.1) is 12.4 Å². The third-order valence-electron chi connectivity index (χ3n) is 9.13. The zero-order valence-corrected chi connectivity index (χ0v) is 52.4. The number of likely N-dealkylation sites (N-methyl/N-ethyl adjacent to an activating group) is 8. The fourth-order valence-corrected chi connectivity index (χ4v) is 4.71. The topological polar surface area (TPSA) is 136 Å². The minimum Gasteiger partial charge on any atom is -1.00 e. The van der Waals surface area contributed by atoms with Crippen LogP contribution in [0.15, 0.2) is 0 Å². The van der Waals surface area contributed by atoms with E-state index in [1.165, 1.54) is 45.8 Å². The van der Waals surface area contributed by atoms with Crippen molar-refractivity contribution >= 4 is 12.4 Å². The normalized spacial score (nSPS) is 14.0. The maximum atomic E-state index is 12.8. The molecule has 8 N–H and O–H groups in total. The number of nitrogens with one attached hydrogen (secondary N) is 4. The van der Waals surface area contributed by atoms with Crippen molar-refractivity contribution in [3.63, 3.8) is 0 Å². The summed E-state index contributed by atoms with van der Waals surface area (Å²) in [5.74, 6) is -12.6. The molecule has 0 bridgehead atoms. The number of alkyl halides is 12. The van der Waals surface area contributed by atoms with Gasteiger partial charge in [0.15, 0.2) is 0 Å². The fraction of sp³-hybridized carbons (Fsp3) is 1.00. The Morgan fingerprint density at radius 3 is 0.921 bits per heavy atom. The van der Waals surface area contributed by atoms with Gasteiger partial charge in [-0.3, -0.25) is 0 Å². The van der Waals surface area contributed by atoms with E-state index in [9.17, 15) is 62.9 Å². The highest BCUT2D eigenvalue weighted by Gasteiger charge is 2.43. The molecule has 34 heteroatoms. The molecule has 0 aliphatic carbocycles. The van der Waals surface area contributed by atoms with E-state index in [2.05, 4.69) is 113 Å². The SMILES string of the molecule is CN(C)CCN(C)C.C[N+](C)(CC[N+](C)(C)CC(O)COCC(F)(F)C(F)F)CC(O)COCC(F)(F)C(F)F.C[NH+](C)CC[NH+](C)C.C[NH+](C)CC[NH+](C)C.Cl.FC(F)C(F)(F)COCC1CO1.O.[Cl-].[Cl-].[Cl-].[Cl-].[Cl-].[Cl-]. The molecule has 0 amide bonds. The lowest BCUT2D eigenvalue weighted by atomic mass is 10.2. The Morgan fingerprint density at radius 1 is 0.513 bits per heavy atom. The number of nitrogens with zero attached hydrogens (tertiary/aromatic N) is 4. The van der Waals surface area contributed by atoms with Crippen LogP contribution in [0, 0.1) is 0 Å². The summed E-state index contributed by atoms with van der Waals surface area (Å²) in [6, 6.07) is 0. The second-order valence-corrected chi connectivity index (χ2v) is 20.1. The average molecular weight is 1300 g/mol. The van der Waals surface area contributed by atoms with Crippen LogP contribution in [-0.2, 0) is 18.9 Å². The molecule has 1 aliphatic heterocycles. The van der Waals surface area contributed by atoms with Gasteiger partial charge in [-0.1, -0.05) is 0 Å². The van der Waals surface area contributed by atoms with Gasteiger partial charge in [-0.2, -0.15) is 26.3 Å². The van der Waals surface area contributed by atoms with Gasteiger partial charge in [-0.25, -0.2) is 26.3 Å². The lowest BCUT2D eigenvalue weighted by molar-refractivity contribution is -0.948. The Bertz CT molecular complexity index is 1110. The number of aliphatic hydroxyl groups excluding tert-OH is 2. The fourth-order valence-electron chi connectivity index (χ4n) is 4.71. The number of hydrogen-bond acceptors (Lipinski definition) is 8. The highest BCUT2D eigenvalue weighted by Crippen LogP contribution is 2.25. The summed E-state index contributed by atoms with van der Waals surface area (Å²) in [5.41, 5.74) is 0. The molecule has 0 spiro atoms. The minimum atomic E-state index is -4.30. The van der Waals surface area contributed by atoms with Crippen LogP contribution in [0.25, 0.3) is 0 Å². The number of hydrogen-bond donors (Lipinski definition) is 6. The molecule has 1 saturated heterocycles. The van der Waals surface area contributed by atoms with Crippen LogP contribution in [-0.4, -0.2) is 314 Å². The van der Waals surface area contributed by atoms with Gasteiger partial charge in [0.25, 0.3) is 0 Å². The number of halogens is 19. The molecule has 0 aromatic carbocycles. The van der Waals surface area contributed by atoms with Crippen molar-refractivity contribution in [3.05, 3.63) is 0 Å². The van der Waals surface area contributed by atoms with E-state index in [0.717, 1.165) is 13.1 Å². The highest BCUT2D eigenvalue weighted by molar-refractivity contribution is 5.85. The van der Waals surface area contributed by atoms with Crippen molar-refractivity contribution < 1.29 is 190 Å². The number of quaternary nitrogens is 6. The van der Waals surface area contributed by atoms with Crippen molar-refractivity contribution in [1.29, 1.82) is 0 Å². The van der Waals surface area contributed by atoms with Gasteiger partial charge in [-0.05, 0) is 28.2 Å². The minimum absolute atomic E-state index is 0. The Morgan fingerprint density at radius 2 is 0.737 bits per heavy atom. The summed E-state index contributed by atoms with van der Waals surface area (Å²) in [4.78, 5) is 10.5. The van der Waals surface area contributed by atoms with Crippen LogP contribution in [0.2, 0.25) is 0 Å². The number of epoxide rings is 1. The number of rotatable bonds is 31. The van der Waals surface area contributed by atoms with Crippen molar-refractivity contribution in [2.45, 2.75) is 55.4 Å². The van der Waals surface area contributed by atoms with Crippen molar-refractivity contribution in [1.82, 2.24) is 9.80 Å². The summed E-state index contributed by atoms with van der Waals surface area (Å²) in [7, 11) is 32.7. The monoisotopic (exact) mass is 1300 g/mol. The molecule has 76 heavy (non-hydrogen) atoms. The summed E-state index contributed by atoms with van der Waals surface area (Å²) < 4.78 is 165. The molecule has 0 saturated carbocycles. The Kier molecular flexibility index (Phi) is 75.7. The summed E-state index contributed by atoms with van der Waals surface area (Å²) in [6.07, 6.45) is -14.0. The first-order chi connectivity index (χ1) is 30.7. The van der Waals surface area contributed by atoms with E-state index in [4.69, 9.17) is 0 Å².